The van der Waals surface area contributed by atoms with Gasteiger partial charge in [-0.3, -0.25) is 0 Å². The van der Waals surface area contributed by atoms with Crippen LogP contribution >= 0.6 is 0 Å². The molecule has 266 valence electrons. The number of hydrogen-bond donors (Lipinski definition) is 0. The van der Waals surface area contributed by atoms with Crippen molar-refractivity contribution in [2.24, 2.45) is 0 Å². The summed E-state index contributed by atoms with van der Waals surface area (Å²) in [4.78, 5) is 0. The largest absolute Gasteiger partial charge is 0.309 e. The smallest absolute Gasteiger partial charge is 0.0547 e. The highest BCUT2D eigenvalue weighted by Gasteiger charge is 2.23. The lowest BCUT2D eigenvalue weighted by molar-refractivity contribution is 1.18. The molecule has 9 aromatic carbocycles. The minimum atomic E-state index is 0.965. The molecule has 12 rings (SSSR count). The van der Waals surface area contributed by atoms with Crippen LogP contribution in [0.4, 0.5) is 0 Å². The van der Waals surface area contributed by atoms with Crippen molar-refractivity contribution < 1.29 is 0 Å². The summed E-state index contributed by atoms with van der Waals surface area (Å²) < 4.78 is 4.88. The predicted molar refractivity (Wildman–Crippen MR) is 240 cm³/mol. The van der Waals surface area contributed by atoms with Crippen molar-refractivity contribution in [1.29, 1.82) is 0 Å². The van der Waals surface area contributed by atoms with E-state index >= 15 is 0 Å². The van der Waals surface area contributed by atoms with E-state index in [1.54, 1.807) is 0 Å². The number of fused-ring (bicyclic) bond motifs is 9. The third-order valence-electron chi connectivity index (χ3n) is 12.1. The fourth-order valence-electron chi connectivity index (χ4n) is 9.43. The van der Waals surface area contributed by atoms with Gasteiger partial charge in [0.25, 0.3) is 0 Å². The fraction of sp³-hybridized carbons (Fsp3) is 0.0182. The number of benzene rings is 9. The van der Waals surface area contributed by atoms with Gasteiger partial charge in [-0.2, -0.15) is 0 Å². The summed E-state index contributed by atoms with van der Waals surface area (Å²) in [5.41, 5.74) is 20.0. The molecule has 2 heterocycles. The van der Waals surface area contributed by atoms with Crippen LogP contribution in [0.15, 0.2) is 206 Å². The normalized spacial score (nSPS) is 12.1. The van der Waals surface area contributed by atoms with Crippen LogP contribution in [-0.2, 0) is 6.42 Å². The molecule has 0 spiro atoms. The van der Waals surface area contributed by atoms with Gasteiger partial charge < -0.3 is 9.13 Å². The third-order valence-corrected chi connectivity index (χ3v) is 12.1. The molecule has 2 heteroatoms. The third kappa shape index (κ3) is 5.04. The number of aromatic nitrogens is 2. The van der Waals surface area contributed by atoms with E-state index in [9.17, 15) is 0 Å². The van der Waals surface area contributed by atoms with Crippen LogP contribution < -0.4 is 0 Å². The molecular weight excluding hydrogens is 689 g/mol. The molecular formula is C55H36N2. The zero-order chi connectivity index (χ0) is 37.5. The average molecular weight is 725 g/mol. The summed E-state index contributed by atoms with van der Waals surface area (Å²) in [5, 5.41) is 5.08. The van der Waals surface area contributed by atoms with Crippen LogP contribution in [-0.4, -0.2) is 9.13 Å². The highest BCUT2D eigenvalue weighted by molar-refractivity contribution is 6.14. The van der Waals surface area contributed by atoms with Crippen LogP contribution in [0, 0.1) is 0 Å². The standard InChI is InChI=1S/C55H36N2/c1-3-12-36(13-4-1)38-22-26-44(27-23-38)56-52-21-10-9-20-47(52)49-32-40(24-28-53(49)56)41-25-29-54-50(33-41)51-34-43-30-42-16-7-8-19-46(42)48(43)35-55(51)57(54)45-18-11-17-39(31-45)37-14-5-2-6-15-37/h1-29,31-35H,30H2. The Labute approximate surface area is 331 Å². The minimum Gasteiger partial charge on any atom is -0.309 e. The van der Waals surface area contributed by atoms with Gasteiger partial charge in [0, 0.05) is 32.9 Å². The Kier molecular flexibility index (Phi) is 7.02. The molecule has 0 saturated heterocycles. The Hall–Kier alpha value is -7.42. The van der Waals surface area contributed by atoms with E-state index in [1.165, 1.54) is 105 Å². The predicted octanol–water partition coefficient (Wildman–Crippen LogP) is 14.5. The lowest BCUT2D eigenvalue weighted by Crippen LogP contribution is -1.95. The lowest BCUT2D eigenvalue weighted by atomic mass is 9.99. The van der Waals surface area contributed by atoms with Gasteiger partial charge in [0.05, 0.1) is 22.1 Å². The maximum Gasteiger partial charge on any atom is 0.0547 e. The van der Waals surface area contributed by atoms with Crippen molar-refractivity contribution in [1.82, 2.24) is 9.13 Å². The van der Waals surface area contributed by atoms with Gasteiger partial charge in [-0.05, 0) is 129 Å². The number of hydrogen-bond acceptors (Lipinski definition) is 0. The van der Waals surface area contributed by atoms with Crippen molar-refractivity contribution in [2.75, 3.05) is 0 Å². The molecule has 1 aliphatic carbocycles. The molecule has 0 fully saturated rings. The number of rotatable bonds is 5. The zero-order valence-corrected chi connectivity index (χ0v) is 31.2. The van der Waals surface area contributed by atoms with Crippen LogP contribution in [0.2, 0.25) is 0 Å². The quantitative estimate of drug-likeness (QED) is 0.167. The van der Waals surface area contributed by atoms with E-state index in [1.807, 2.05) is 0 Å². The molecule has 0 radical (unpaired) electrons. The first-order valence-electron chi connectivity index (χ1n) is 19.8. The van der Waals surface area contributed by atoms with E-state index in [4.69, 9.17) is 0 Å². The van der Waals surface area contributed by atoms with Crippen LogP contribution in [0.5, 0.6) is 0 Å². The highest BCUT2D eigenvalue weighted by atomic mass is 15.0. The molecule has 0 bridgehead atoms. The summed E-state index contributed by atoms with van der Waals surface area (Å²) in [7, 11) is 0. The van der Waals surface area contributed by atoms with Crippen LogP contribution in [0.25, 0.3) is 99.5 Å². The SMILES string of the molecule is c1ccc(-c2ccc(-n3c4ccccc4c4cc(-c5ccc6c(c5)c5cc7c(cc5n6-c5cccc(-c6ccccc6)c5)-c5ccccc5C7)ccc43)cc2)cc1. The number of nitrogens with zero attached hydrogens (tertiary/aromatic N) is 2. The maximum atomic E-state index is 2.47. The first kappa shape index (κ1) is 31.9. The van der Waals surface area contributed by atoms with Gasteiger partial charge >= 0.3 is 0 Å². The molecule has 11 aromatic rings. The Balaban J connectivity index is 1.03. The summed E-state index contributed by atoms with van der Waals surface area (Å²) in [6, 6.07) is 75.9. The van der Waals surface area contributed by atoms with Gasteiger partial charge in [-0.1, -0.05) is 140 Å². The number of para-hydroxylation sites is 1. The molecule has 0 aliphatic heterocycles. The van der Waals surface area contributed by atoms with E-state index in [0.717, 1.165) is 12.1 Å². The first-order valence-corrected chi connectivity index (χ1v) is 19.8. The van der Waals surface area contributed by atoms with Gasteiger partial charge in [-0.25, -0.2) is 0 Å². The summed E-state index contributed by atoms with van der Waals surface area (Å²) in [6.45, 7) is 0. The second-order valence-corrected chi connectivity index (χ2v) is 15.3. The van der Waals surface area contributed by atoms with Gasteiger partial charge in [-0.15, -0.1) is 0 Å². The summed E-state index contributed by atoms with van der Waals surface area (Å²) >= 11 is 0. The minimum absolute atomic E-state index is 0.965. The zero-order valence-electron chi connectivity index (χ0n) is 31.2. The molecule has 0 N–H and O–H groups in total. The lowest BCUT2D eigenvalue weighted by Gasteiger charge is -2.12. The van der Waals surface area contributed by atoms with Crippen molar-refractivity contribution in [3.8, 4) is 55.9 Å². The maximum absolute atomic E-state index is 2.47. The van der Waals surface area contributed by atoms with Crippen LogP contribution in [0.3, 0.4) is 0 Å². The highest BCUT2D eigenvalue weighted by Crippen LogP contribution is 2.44. The Morgan fingerprint density at radius 2 is 0.789 bits per heavy atom. The Morgan fingerprint density at radius 1 is 0.263 bits per heavy atom. The van der Waals surface area contributed by atoms with Crippen molar-refractivity contribution >= 4 is 43.6 Å². The molecule has 2 aromatic heterocycles. The molecule has 0 saturated carbocycles. The van der Waals surface area contributed by atoms with Crippen molar-refractivity contribution in [2.45, 2.75) is 6.42 Å². The molecule has 0 amide bonds. The molecule has 0 atom stereocenters. The Morgan fingerprint density at radius 3 is 1.54 bits per heavy atom. The fourth-order valence-corrected chi connectivity index (χ4v) is 9.43. The summed E-state index contributed by atoms with van der Waals surface area (Å²) in [5.74, 6) is 0. The molecule has 1 aliphatic rings. The second kappa shape index (κ2) is 12.6. The second-order valence-electron chi connectivity index (χ2n) is 15.3. The van der Waals surface area contributed by atoms with E-state index in [2.05, 4.69) is 215 Å². The van der Waals surface area contributed by atoms with E-state index in [0.29, 0.717) is 0 Å². The average Bonchev–Trinajstić information content (AvgIpc) is 3.93. The van der Waals surface area contributed by atoms with Crippen molar-refractivity contribution in [3.05, 3.63) is 217 Å². The molecule has 2 nitrogen and oxygen atoms in total. The Bertz CT molecular complexity index is 3350. The van der Waals surface area contributed by atoms with Crippen LogP contribution in [0.1, 0.15) is 11.1 Å². The molecule has 57 heavy (non-hydrogen) atoms. The van der Waals surface area contributed by atoms with Crippen molar-refractivity contribution in [3.63, 3.8) is 0 Å². The van der Waals surface area contributed by atoms with Gasteiger partial charge in [0.2, 0.25) is 0 Å². The van der Waals surface area contributed by atoms with Gasteiger partial charge in [0.1, 0.15) is 0 Å². The van der Waals surface area contributed by atoms with Gasteiger partial charge in [0.15, 0.2) is 0 Å². The van der Waals surface area contributed by atoms with E-state index in [-0.39, 0.29) is 0 Å². The topological polar surface area (TPSA) is 9.86 Å². The monoisotopic (exact) mass is 724 g/mol. The summed E-state index contributed by atoms with van der Waals surface area (Å²) in [6.07, 6.45) is 0.965. The molecule has 0 unspecified atom stereocenters. The van der Waals surface area contributed by atoms with E-state index < -0.39 is 0 Å². The first-order chi connectivity index (χ1) is 28.2.